The summed E-state index contributed by atoms with van der Waals surface area (Å²) in [4.78, 5) is 26.0. The first kappa shape index (κ1) is 15.1. The van der Waals surface area contributed by atoms with E-state index < -0.39 is 17.3 Å². The number of hydrogen-bond acceptors (Lipinski definition) is 5. The van der Waals surface area contributed by atoms with Crippen LogP contribution in [0, 0.1) is 5.92 Å². The van der Waals surface area contributed by atoms with E-state index in [0.717, 1.165) is 25.9 Å². The van der Waals surface area contributed by atoms with Gasteiger partial charge in [0.2, 0.25) is 0 Å². The molecule has 0 saturated carbocycles. The summed E-state index contributed by atoms with van der Waals surface area (Å²) in [6.45, 7) is 2.46. The summed E-state index contributed by atoms with van der Waals surface area (Å²) < 4.78 is 1.98. The van der Waals surface area contributed by atoms with Gasteiger partial charge in [-0.1, -0.05) is 0 Å². The van der Waals surface area contributed by atoms with Gasteiger partial charge < -0.3 is 19.7 Å². The van der Waals surface area contributed by atoms with E-state index >= 15 is 0 Å². The third-order valence-electron chi connectivity index (χ3n) is 4.22. The molecule has 3 rings (SSSR count). The molecule has 6 nitrogen and oxygen atoms in total. The number of thiophene rings is 1. The van der Waals surface area contributed by atoms with Crippen LogP contribution in [-0.2, 0) is 6.54 Å². The van der Waals surface area contributed by atoms with Gasteiger partial charge >= 0.3 is 5.97 Å². The lowest BCUT2D eigenvalue weighted by Crippen LogP contribution is -2.36. The Labute approximate surface area is 131 Å². The Bertz CT molecular complexity index is 780. The van der Waals surface area contributed by atoms with E-state index in [4.69, 9.17) is 0 Å². The standard InChI is InChI=1S/C15H18N2O4S/c1-16-5-2-3-9(7-16)8-17-10-4-6-22-13(10)11(15(20)21)12(18)14(17)19/h4,6,9,18H,2-3,5,7-8H2,1H3,(H,20,21). The van der Waals surface area contributed by atoms with Crippen LogP contribution in [0.5, 0.6) is 5.75 Å². The summed E-state index contributed by atoms with van der Waals surface area (Å²) in [5.74, 6) is -1.60. The third-order valence-corrected chi connectivity index (χ3v) is 5.14. The van der Waals surface area contributed by atoms with Gasteiger partial charge in [-0.05, 0) is 43.8 Å². The van der Waals surface area contributed by atoms with Crippen molar-refractivity contribution in [3.63, 3.8) is 0 Å². The smallest absolute Gasteiger partial charge is 0.341 e. The van der Waals surface area contributed by atoms with E-state index in [-0.39, 0.29) is 5.56 Å². The molecule has 1 atom stereocenters. The fourth-order valence-corrected chi connectivity index (χ4v) is 4.15. The monoisotopic (exact) mass is 322 g/mol. The molecule has 0 aliphatic carbocycles. The molecule has 118 valence electrons. The van der Waals surface area contributed by atoms with Crippen molar-refractivity contribution in [1.29, 1.82) is 0 Å². The predicted octanol–water partition coefficient (Wildman–Crippen LogP) is 1.81. The fraction of sp³-hybridized carbons (Fsp3) is 0.467. The first-order valence-electron chi connectivity index (χ1n) is 7.24. The number of hydrogen-bond donors (Lipinski definition) is 2. The van der Waals surface area contributed by atoms with E-state index in [0.29, 0.717) is 22.7 Å². The Balaban J connectivity index is 2.08. The number of nitrogens with zero attached hydrogens (tertiary/aromatic N) is 2. The van der Waals surface area contributed by atoms with Crippen LogP contribution in [0.25, 0.3) is 10.2 Å². The van der Waals surface area contributed by atoms with Crippen LogP contribution in [0.1, 0.15) is 23.2 Å². The molecule has 22 heavy (non-hydrogen) atoms. The molecule has 2 aromatic rings. The van der Waals surface area contributed by atoms with Gasteiger partial charge in [-0.25, -0.2) is 4.79 Å². The molecule has 0 aromatic carbocycles. The van der Waals surface area contributed by atoms with Crippen LogP contribution in [0.4, 0.5) is 0 Å². The molecule has 2 aromatic heterocycles. The van der Waals surface area contributed by atoms with Gasteiger partial charge in [0.05, 0.1) is 10.2 Å². The molecule has 0 amide bonds. The minimum absolute atomic E-state index is 0.285. The number of carboxylic acid groups (broad SMARTS) is 1. The number of carboxylic acids is 1. The van der Waals surface area contributed by atoms with Gasteiger partial charge in [0.25, 0.3) is 5.56 Å². The molecule has 1 aliphatic rings. The number of piperidine rings is 1. The van der Waals surface area contributed by atoms with Crippen molar-refractivity contribution in [2.24, 2.45) is 5.92 Å². The Morgan fingerprint density at radius 1 is 1.50 bits per heavy atom. The summed E-state index contributed by atoms with van der Waals surface area (Å²) in [6, 6.07) is 1.75. The van der Waals surface area contributed by atoms with E-state index in [9.17, 15) is 19.8 Å². The lowest BCUT2D eigenvalue weighted by atomic mass is 9.98. The predicted molar refractivity (Wildman–Crippen MR) is 84.9 cm³/mol. The number of aromatic carboxylic acids is 1. The maximum Gasteiger partial charge on any atom is 0.341 e. The highest BCUT2D eigenvalue weighted by Gasteiger charge is 2.24. The van der Waals surface area contributed by atoms with Crippen LogP contribution >= 0.6 is 11.3 Å². The molecule has 1 unspecified atom stereocenters. The number of aromatic nitrogens is 1. The maximum atomic E-state index is 12.4. The first-order chi connectivity index (χ1) is 10.5. The quantitative estimate of drug-likeness (QED) is 0.900. The number of fused-ring (bicyclic) bond motifs is 1. The highest BCUT2D eigenvalue weighted by Crippen LogP contribution is 2.29. The van der Waals surface area contributed by atoms with Gasteiger partial charge in [-0.3, -0.25) is 4.79 Å². The highest BCUT2D eigenvalue weighted by molar-refractivity contribution is 7.17. The normalized spacial score (nSPS) is 19.6. The van der Waals surface area contributed by atoms with E-state index in [2.05, 4.69) is 11.9 Å². The second-order valence-electron chi connectivity index (χ2n) is 5.85. The largest absolute Gasteiger partial charge is 0.502 e. The molecule has 1 aliphatic heterocycles. The minimum Gasteiger partial charge on any atom is -0.502 e. The minimum atomic E-state index is -1.27. The van der Waals surface area contributed by atoms with Crippen molar-refractivity contribution in [2.45, 2.75) is 19.4 Å². The zero-order chi connectivity index (χ0) is 15.9. The zero-order valence-electron chi connectivity index (χ0n) is 12.3. The number of aromatic hydroxyl groups is 1. The summed E-state index contributed by atoms with van der Waals surface area (Å²) >= 11 is 1.23. The maximum absolute atomic E-state index is 12.4. The van der Waals surface area contributed by atoms with E-state index in [1.165, 1.54) is 15.9 Å². The van der Waals surface area contributed by atoms with E-state index in [1.54, 1.807) is 11.4 Å². The lowest BCUT2D eigenvalue weighted by molar-refractivity contribution is 0.0695. The second kappa shape index (κ2) is 5.73. The van der Waals surface area contributed by atoms with Crippen molar-refractivity contribution in [2.75, 3.05) is 20.1 Å². The number of likely N-dealkylation sites (tertiary alicyclic amines) is 1. The molecule has 0 bridgehead atoms. The third kappa shape index (κ3) is 2.50. The Hall–Kier alpha value is -1.86. The second-order valence-corrected chi connectivity index (χ2v) is 6.77. The molecule has 0 radical (unpaired) electrons. The summed E-state index contributed by atoms with van der Waals surface area (Å²) in [6.07, 6.45) is 2.12. The van der Waals surface area contributed by atoms with Gasteiger partial charge in [0.15, 0.2) is 5.75 Å². The number of pyridine rings is 1. The van der Waals surface area contributed by atoms with Crippen LogP contribution in [0.15, 0.2) is 16.2 Å². The van der Waals surface area contributed by atoms with Crippen molar-refractivity contribution in [1.82, 2.24) is 9.47 Å². The Kier molecular flexibility index (Phi) is 3.92. The van der Waals surface area contributed by atoms with Crippen molar-refractivity contribution in [3.8, 4) is 5.75 Å². The first-order valence-corrected chi connectivity index (χ1v) is 8.11. The molecule has 0 spiro atoms. The molecule has 1 fully saturated rings. The molecular formula is C15H18N2O4S. The fourth-order valence-electron chi connectivity index (χ4n) is 3.21. The zero-order valence-corrected chi connectivity index (χ0v) is 13.1. The number of carbonyl (C=O) groups is 1. The average molecular weight is 322 g/mol. The van der Waals surface area contributed by atoms with Crippen molar-refractivity contribution >= 4 is 27.5 Å². The van der Waals surface area contributed by atoms with Crippen molar-refractivity contribution in [3.05, 3.63) is 27.4 Å². The Morgan fingerprint density at radius 2 is 2.27 bits per heavy atom. The summed E-state index contributed by atoms with van der Waals surface area (Å²) in [7, 11) is 2.06. The summed E-state index contributed by atoms with van der Waals surface area (Å²) in [5, 5.41) is 21.0. The molecule has 3 heterocycles. The van der Waals surface area contributed by atoms with Gasteiger partial charge in [0.1, 0.15) is 5.56 Å². The average Bonchev–Trinajstić information content (AvgIpc) is 2.92. The van der Waals surface area contributed by atoms with Crippen LogP contribution in [0.2, 0.25) is 0 Å². The van der Waals surface area contributed by atoms with Gasteiger partial charge in [0, 0.05) is 13.1 Å². The van der Waals surface area contributed by atoms with E-state index in [1.807, 2.05) is 0 Å². The highest BCUT2D eigenvalue weighted by atomic mass is 32.1. The van der Waals surface area contributed by atoms with Crippen LogP contribution < -0.4 is 5.56 Å². The molecule has 1 saturated heterocycles. The van der Waals surface area contributed by atoms with Crippen molar-refractivity contribution < 1.29 is 15.0 Å². The number of rotatable bonds is 3. The SMILES string of the molecule is CN1CCCC(Cn2c(=O)c(O)c(C(=O)O)c3sccc32)C1. The van der Waals surface area contributed by atoms with Gasteiger partial charge in [-0.15, -0.1) is 11.3 Å². The van der Waals surface area contributed by atoms with Crippen LogP contribution in [0.3, 0.4) is 0 Å². The molecule has 2 N–H and O–H groups in total. The van der Waals surface area contributed by atoms with Gasteiger partial charge in [-0.2, -0.15) is 0 Å². The van der Waals surface area contributed by atoms with Crippen LogP contribution in [-0.4, -0.2) is 45.8 Å². The molecule has 7 heteroatoms. The summed E-state index contributed by atoms with van der Waals surface area (Å²) in [5.41, 5.74) is -0.304. The Morgan fingerprint density at radius 3 is 2.95 bits per heavy atom. The lowest BCUT2D eigenvalue weighted by Gasteiger charge is -2.30. The molecular weight excluding hydrogens is 304 g/mol. The topological polar surface area (TPSA) is 82.8 Å².